The van der Waals surface area contributed by atoms with Gasteiger partial charge in [0.2, 0.25) is 0 Å². The van der Waals surface area contributed by atoms with Gasteiger partial charge in [0.05, 0.1) is 6.10 Å². The molecule has 1 saturated carbocycles. The molecular formula is C8H16O. The Labute approximate surface area is 57.4 Å². The molecule has 54 valence electrons. The fourth-order valence-corrected chi connectivity index (χ4v) is 0.932. The smallest absolute Gasteiger partial charge is 0.0575 e. The van der Waals surface area contributed by atoms with Crippen molar-refractivity contribution in [1.29, 1.82) is 0 Å². The van der Waals surface area contributed by atoms with E-state index in [1.807, 2.05) is 0 Å². The second-order valence-corrected chi connectivity index (χ2v) is 2.78. The number of hydrogen-bond donors (Lipinski definition) is 0. The van der Waals surface area contributed by atoms with E-state index in [-0.39, 0.29) is 0 Å². The zero-order chi connectivity index (χ0) is 6.53. The molecule has 1 rings (SSSR count). The van der Waals surface area contributed by atoms with E-state index in [9.17, 15) is 0 Å². The third-order valence-corrected chi connectivity index (χ3v) is 1.90. The molecule has 0 aliphatic heterocycles. The van der Waals surface area contributed by atoms with Crippen LogP contribution in [0.2, 0.25) is 0 Å². The monoisotopic (exact) mass is 128 g/mol. The third kappa shape index (κ3) is 2.35. The summed E-state index contributed by atoms with van der Waals surface area (Å²) in [6, 6.07) is 0. The third-order valence-electron chi connectivity index (χ3n) is 1.90. The molecule has 1 aliphatic carbocycles. The lowest BCUT2D eigenvalue weighted by Crippen LogP contribution is -2.21. The lowest BCUT2D eigenvalue weighted by Gasteiger charge is -2.25. The fraction of sp³-hybridized carbons (Fsp3) is 1.00. The summed E-state index contributed by atoms with van der Waals surface area (Å²) in [4.78, 5) is 0. The van der Waals surface area contributed by atoms with Gasteiger partial charge in [-0.05, 0) is 25.7 Å². The van der Waals surface area contributed by atoms with Crippen molar-refractivity contribution in [2.75, 3.05) is 6.61 Å². The molecule has 0 heterocycles. The summed E-state index contributed by atoms with van der Waals surface area (Å²) < 4.78 is 5.52. The molecule has 0 spiro atoms. The maximum Gasteiger partial charge on any atom is 0.0575 e. The SMILES string of the molecule is CCCCOC1CCC1. The quantitative estimate of drug-likeness (QED) is 0.528. The first-order valence-electron chi connectivity index (χ1n) is 4.05. The first-order valence-corrected chi connectivity index (χ1v) is 4.05. The molecule has 0 aromatic carbocycles. The van der Waals surface area contributed by atoms with Gasteiger partial charge in [-0.1, -0.05) is 13.3 Å². The first-order chi connectivity index (χ1) is 4.43. The lowest BCUT2D eigenvalue weighted by atomic mass is 9.96. The minimum atomic E-state index is 0.636. The summed E-state index contributed by atoms with van der Waals surface area (Å²) in [5, 5.41) is 0. The Morgan fingerprint density at radius 2 is 2.22 bits per heavy atom. The van der Waals surface area contributed by atoms with E-state index in [2.05, 4.69) is 6.92 Å². The van der Waals surface area contributed by atoms with E-state index in [1.54, 1.807) is 0 Å². The average molecular weight is 128 g/mol. The number of rotatable bonds is 4. The van der Waals surface area contributed by atoms with Crippen LogP contribution < -0.4 is 0 Å². The average Bonchev–Trinajstić information content (AvgIpc) is 1.76. The van der Waals surface area contributed by atoms with E-state index in [0.717, 1.165) is 6.61 Å². The topological polar surface area (TPSA) is 9.23 Å². The molecule has 0 bridgehead atoms. The highest BCUT2D eigenvalue weighted by atomic mass is 16.5. The van der Waals surface area contributed by atoms with E-state index in [1.165, 1.54) is 32.1 Å². The van der Waals surface area contributed by atoms with Crippen LogP contribution in [0.25, 0.3) is 0 Å². The summed E-state index contributed by atoms with van der Waals surface area (Å²) >= 11 is 0. The summed E-state index contributed by atoms with van der Waals surface area (Å²) in [7, 11) is 0. The zero-order valence-corrected chi connectivity index (χ0v) is 6.23. The van der Waals surface area contributed by atoms with Crippen molar-refractivity contribution in [1.82, 2.24) is 0 Å². The second-order valence-electron chi connectivity index (χ2n) is 2.78. The largest absolute Gasteiger partial charge is 0.378 e. The minimum Gasteiger partial charge on any atom is -0.378 e. The van der Waals surface area contributed by atoms with Crippen molar-refractivity contribution in [3.63, 3.8) is 0 Å². The Morgan fingerprint density at radius 1 is 1.44 bits per heavy atom. The molecule has 1 heteroatoms. The Kier molecular flexibility index (Phi) is 3.05. The Hall–Kier alpha value is -0.0400. The maximum atomic E-state index is 5.52. The van der Waals surface area contributed by atoms with Crippen LogP contribution >= 0.6 is 0 Å². The van der Waals surface area contributed by atoms with Gasteiger partial charge in [0, 0.05) is 6.61 Å². The Bertz CT molecular complexity index is 67.0. The summed E-state index contributed by atoms with van der Waals surface area (Å²) in [6.45, 7) is 3.19. The van der Waals surface area contributed by atoms with E-state index in [4.69, 9.17) is 4.74 Å². The predicted molar refractivity (Wildman–Crippen MR) is 38.5 cm³/mol. The molecule has 0 radical (unpaired) electrons. The van der Waals surface area contributed by atoms with Gasteiger partial charge < -0.3 is 4.74 Å². The Balaban J connectivity index is 1.80. The summed E-state index contributed by atoms with van der Waals surface area (Å²) in [6.07, 6.45) is 7.13. The van der Waals surface area contributed by atoms with Crippen molar-refractivity contribution < 1.29 is 4.74 Å². The minimum absolute atomic E-state index is 0.636. The number of ether oxygens (including phenoxy) is 1. The van der Waals surface area contributed by atoms with Gasteiger partial charge in [-0.15, -0.1) is 0 Å². The first kappa shape index (κ1) is 7.07. The molecule has 0 saturated heterocycles. The van der Waals surface area contributed by atoms with Crippen LogP contribution in [0.4, 0.5) is 0 Å². The van der Waals surface area contributed by atoms with Gasteiger partial charge in [-0.25, -0.2) is 0 Å². The number of hydrogen-bond acceptors (Lipinski definition) is 1. The van der Waals surface area contributed by atoms with E-state index < -0.39 is 0 Å². The van der Waals surface area contributed by atoms with Crippen molar-refractivity contribution in [2.45, 2.75) is 45.1 Å². The van der Waals surface area contributed by atoms with Gasteiger partial charge in [0.15, 0.2) is 0 Å². The highest BCUT2D eigenvalue weighted by Gasteiger charge is 2.16. The molecular weight excluding hydrogens is 112 g/mol. The van der Waals surface area contributed by atoms with Gasteiger partial charge in [0.1, 0.15) is 0 Å². The van der Waals surface area contributed by atoms with Crippen molar-refractivity contribution in [3.8, 4) is 0 Å². The van der Waals surface area contributed by atoms with Crippen LogP contribution in [0.1, 0.15) is 39.0 Å². The fourth-order valence-electron chi connectivity index (χ4n) is 0.932. The van der Waals surface area contributed by atoms with Gasteiger partial charge in [0.25, 0.3) is 0 Å². The van der Waals surface area contributed by atoms with Crippen molar-refractivity contribution in [2.24, 2.45) is 0 Å². The van der Waals surface area contributed by atoms with Crippen LogP contribution in [0.5, 0.6) is 0 Å². The highest BCUT2D eigenvalue weighted by Crippen LogP contribution is 2.21. The van der Waals surface area contributed by atoms with Crippen molar-refractivity contribution >= 4 is 0 Å². The van der Waals surface area contributed by atoms with Crippen LogP contribution in [0.3, 0.4) is 0 Å². The molecule has 1 aliphatic rings. The van der Waals surface area contributed by atoms with E-state index in [0.29, 0.717) is 6.10 Å². The maximum absolute atomic E-state index is 5.52. The normalized spacial score (nSPS) is 19.7. The Morgan fingerprint density at radius 3 is 2.67 bits per heavy atom. The zero-order valence-electron chi connectivity index (χ0n) is 6.23. The molecule has 0 unspecified atom stereocenters. The van der Waals surface area contributed by atoms with Gasteiger partial charge >= 0.3 is 0 Å². The van der Waals surface area contributed by atoms with E-state index >= 15 is 0 Å². The molecule has 9 heavy (non-hydrogen) atoms. The van der Waals surface area contributed by atoms with Gasteiger partial charge in [-0.3, -0.25) is 0 Å². The van der Waals surface area contributed by atoms with Gasteiger partial charge in [-0.2, -0.15) is 0 Å². The van der Waals surface area contributed by atoms with Crippen molar-refractivity contribution in [3.05, 3.63) is 0 Å². The summed E-state index contributed by atoms with van der Waals surface area (Å²) in [5.41, 5.74) is 0. The standard InChI is InChI=1S/C8H16O/c1-2-3-7-9-8-5-4-6-8/h8H,2-7H2,1H3. The highest BCUT2D eigenvalue weighted by molar-refractivity contribution is 4.68. The molecule has 0 amide bonds. The predicted octanol–water partition coefficient (Wildman–Crippen LogP) is 2.36. The summed E-state index contributed by atoms with van der Waals surface area (Å²) in [5.74, 6) is 0. The lowest BCUT2D eigenvalue weighted by molar-refractivity contribution is 0.00118. The molecule has 0 aromatic heterocycles. The van der Waals surface area contributed by atoms with Crippen LogP contribution in [-0.4, -0.2) is 12.7 Å². The number of unbranched alkanes of at least 4 members (excludes halogenated alkanes) is 1. The molecule has 1 nitrogen and oxygen atoms in total. The molecule has 0 N–H and O–H groups in total. The molecule has 0 atom stereocenters. The molecule has 1 fully saturated rings. The van der Waals surface area contributed by atoms with Crippen LogP contribution in [0.15, 0.2) is 0 Å². The molecule has 0 aromatic rings. The van der Waals surface area contributed by atoms with Crippen LogP contribution in [-0.2, 0) is 4.74 Å². The second kappa shape index (κ2) is 3.89. The van der Waals surface area contributed by atoms with Crippen LogP contribution in [0, 0.1) is 0 Å².